The average Bonchev–Trinajstić information content (AvgIpc) is 2.60. The number of carbonyl (C=O) groups is 3. The van der Waals surface area contributed by atoms with E-state index in [1.807, 2.05) is 0 Å². The monoisotopic (exact) mass is 403 g/mol. The van der Waals surface area contributed by atoms with Gasteiger partial charge in [-0.2, -0.15) is 0 Å². The van der Waals surface area contributed by atoms with E-state index in [1.54, 1.807) is 44.2 Å². The molecule has 1 N–H and O–H groups in total. The van der Waals surface area contributed by atoms with E-state index in [1.165, 1.54) is 0 Å². The largest absolute Gasteiger partial charge is 1.00 e. The van der Waals surface area contributed by atoms with Gasteiger partial charge in [-0.15, -0.1) is 0 Å². The van der Waals surface area contributed by atoms with Crippen LogP contribution in [0.5, 0.6) is 5.75 Å². The van der Waals surface area contributed by atoms with Crippen molar-refractivity contribution in [2.24, 2.45) is 11.8 Å². The Morgan fingerprint density at radius 2 is 1.70 bits per heavy atom. The third kappa shape index (κ3) is 7.91. The number of hydrogen-bond acceptors (Lipinski definition) is 5. The number of aliphatic carboxylic acids is 1. The molecule has 27 heavy (non-hydrogen) atoms. The Bertz CT molecular complexity index is 635. The number of imide groups is 1. The maximum absolute atomic E-state index is 12.5. The van der Waals surface area contributed by atoms with Crippen LogP contribution in [-0.4, -0.2) is 40.8 Å². The first-order valence-corrected chi connectivity index (χ1v) is 8.84. The van der Waals surface area contributed by atoms with Gasteiger partial charge < -0.3 is 16.0 Å². The van der Waals surface area contributed by atoms with E-state index in [0.29, 0.717) is 31.4 Å². The minimum atomic E-state index is -0.790. The van der Waals surface area contributed by atoms with Crippen LogP contribution in [0.1, 0.15) is 41.0 Å². The van der Waals surface area contributed by atoms with Crippen LogP contribution >= 0.6 is 0 Å². The van der Waals surface area contributed by atoms with Crippen molar-refractivity contribution >= 4 is 18.2 Å². The van der Waals surface area contributed by atoms with Gasteiger partial charge in [-0.05, 0) is 57.6 Å². The van der Waals surface area contributed by atoms with E-state index in [0.717, 1.165) is 4.90 Å². The molecule has 1 aromatic rings. The average molecular weight is 404 g/mol. The second-order valence-electron chi connectivity index (χ2n) is 6.78. The molecule has 0 atom stereocenters. The predicted octanol–water partition coefficient (Wildman–Crippen LogP) is 1.04. The summed E-state index contributed by atoms with van der Waals surface area (Å²) in [5.41, 5.74) is 0. The molecule has 1 aliphatic rings. The van der Waals surface area contributed by atoms with E-state index in [4.69, 9.17) is 14.6 Å². The van der Waals surface area contributed by atoms with Gasteiger partial charge in [0, 0.05) is 6.54 Å². The number of rotatable bonds is 5. The molecule has 8 heteroatoms. The van der Waals surface area contributed by atoms with Crippen LogP contribution in [0.2, 0.25) is 0 Å². The van der Waals surface area contributed by atoms with Gasteiger partial charge in [0.15, 0.2) is 0 Å². The normalized spacial score (nSPS) is 18.9. The maximum Gasteiger partial charge on any atom is 1.00 e. The molecule has 1 saturated carbocycles. The van der Waals surface area contributed by atoms with Gasteiger partial charge >= 0.3 is 69.5 Å². The summed E-state index contributed by atoms with van der Waals surface area (Å²) in [6, 6.07) is 8.51. The predicted molar refractivity (Wildman–Crippen MR) is 95.0 cm³/mol. The summed E-state index contributed by atoms with van der Waals surface area (Å²) in [5, 5.41) is 9.09. The van der Waals surface area contributed by atoms with Crippen LogP contribution in [-0.2, 0) is 9.53 Å². The molecule has 2 rings (SSSR count). The summed E-state index contributed by atoms with van der Waals surface area (Å²) in [5.74, 6) is -0.760. The first-order valence-electron chi connectivity index (χ1n) is 8.84. The van der Waals surface area contributed by atoms with Crippen molar-refractivity contribution in [3.63, 3.8) is 0 Å². The summed E-state index contributed by atoms with van der Waals surface area (Å²) in [7, 11) is 0. The van der Waals surface area contributed by atoms with E-state index in [9.17, 15) is 14.4 Å². The summed E-state index contributed by atoms with van der Waals surface area (Å²) in [6.07, 6.45) is 0.463. The SMILES string of the molecule is CC(C)OC(=O)N(CC1CCC(C(=O)O)CC1)C(=O)Oc1ccccc1.[H-].[K+]. The van der Waals surface area contributed by atoms with Crippen LogP contribution < -0.4 is 56.1 Å². The van der Waals surface area contributed by atoms with E-state index >= 15 is 0 Å². The Labute approximate surface area is 203 Å². The van der Waals surface area contributed by atoms with Crippen molar-refractivity contribution in [3.05, 3.63) is 30.3 Å². The van der Waals surface area contributed by atoms with Gasteiger partial charge in [-0.1, -0.05) is 18.2 Å². The van der Waals surface area contributed by atoms with Crippen molar-refractivity contribution in [2.75, 3.05) is 6.54 Å². The summed E-state index contributed by atoms with van der Waals surface area (Å²) in [6.45, 7) is 3.57. The van der Waals surface area contributed by atoms with Crippen molar-refractivity contribution in [1.82, 2.24) is 4.90 Å². The zero-order chi connectivity index (χ0) is 19.1. The molecule has 144 valence electrons. The Morgan fingerprint density at radius 3 is 2.22 bits per heavy atom. The number of nitrogens with zero attached hydrogens (tertiary/aromatic N) is 1. The van der Waals surface area contributed by atoms with E-state index in [-0.39, 0.29) is 77.3 Å². The van der Waals surface area contributed by atoms with Gasteiger partial charge in [0.25, 0.3) is 0 Å². The molecule has 0 aromatic heterocycles. The Balaban J connectivity index is 0.00000364. The van der Waals surface area contributed by atoms with Gasteiger partial charge in [0.2, 0.25) is 0 Å². The Hall–Kier alpha value is -0.934. The molecule has 0 saturated heterocycles. The maximum atomic E-state index is 12.5. The van der Waals surface area contributed by atoms with Crippen LogP contribution in [0.4, 0.5) is 9.59 Å². The number of carbonyl (C=O) groups excluding carboxylic acids is 2. The Kier molecular flexibility index (Phi) is 10.5. The van der Waals surface area contributed by atoms with E-state index in [2.05, 4.69) is 0 Å². The molecule has 0 bridgehead atoms. The zero-order valence-electron chi connectivity index (χ0n) is 17.1. The van der Waals surface area contributed by atoms with E-state index < -0.39 is 18.2 Å². The van der Waals surface area contributed by atoms with Crippen LogP contribution in [0.25, 0.3) is 0 Å². The number of hydrogen-bond donors (Lipinski definition) is 1. The number of carboxylic acids is 1. The van der Waals surface area contributed by atoms with Crippen LogP contribution in [0.15, 0.2) is 30.3 Å². The molecule has 2 amide bonds. The molecule has 1 aliphatic carbocycles. The quantitative estimate of drug-likeness (QED) is 0.739. The topological polar surface area (TPSA) is 93.1 Å². The van der Waals surface area contributed by atoms with Crippen LogP contribution in [0, 0.1) is 11.8 Å². The fraction of sp³-hybridized carbons (Fsp3) is 0.526. The molecule has 1 aromatic carbocycles. The van der Waals surface area contributed by atoms with Crippen LogP contribution in [0.3, 0.4) is 0 Å². The van der Waals surface area contributed by atoms with Crippen molar-refractivity contribution in [2.45, 2.75) is 45.6 Å². The molecule has 0 unspecified atom stereocenters. The first-order chi connectivity index (χ1) is 12.4. The third-order valence-corrected chi connectivity index (χ3v) is 4.36. The first kappa shape index (κ1) is 24.1. The Morgan fingerprint density at radius 1 is 1.11 bits per heavy atom. The molecule has 0 radical (unpaired) electrons. The number of benzene rings is 1. The fourth-order valence-electron chi connectivity index (χ4n) is 2.98. The molecule has 7 nitrogen and oxygen atoms in total. The summed E-state index contributed by atoms with van der Waals surface area (Å²) >= 11 is 0. The number of ether oxygens (including phenoxy) is 2. The molecule has 0 heterocycles. The smallest absolute Gasteiger partial charge is 1.00 e. The fourth-order valence-corrected chi connectivity index (χ4v) is 2.98. The summed E-state index contributed by atoms with van der Waals surface area (Å²) in [4.78, 5) is 36.9. The van der Waals surface area contributed by atoms with Gasteiger partial charge in [-0.3, -0.25) is 4.79 Å². The molecular formula is C19H26KNO6. The molecule has 0 spiro atoms. The minimum Gasteiger partial charge on any atom is -1.00 e. The third-order valence-electron chi connectivity index (χ3n) is 4.36. The zero-order valence-corrected chi connectivity index (χ0v) is 19.2. The van der Waals surface area contributed by atoms with Gasteiger partial charge in [-0.25, -0.2) is 14.5 Å². The van der Waals surface area contributed by atoms with Gasteiger partial charge in [0.1, 0.15) is 5.75 Å². The van der Waals surface area contributed by atoms with Crippen molar-refractivity contribution < 1.29 is 81.8 Å². The second kappa shape index (κ2) is 11.8. The van der Waals surface area contributed by atoms with Crippen molar-refractivity contribution in [1.29, 1.82) is 0 Å². The van der Waals surface area contributed by atoms with Crippen molar-refractivity contribution in [3.8, 4) is 5.75 Å². The second-order valence-corrected chi connectivity index (χ2v) is 6.78. The number of carboxylic acid groups (broad SMARTS) is 1. The molecule has 1 fully saturated rings. The standard InChI is InChI=1S/C19H25NO6.K.H/c1-13(2)25-18(23)20(19(24)26-16-6-4-3-5-7-16)12-14-8-10-15(11-9-14)17(21)22;;/h3-7,13-15H,8-12H2,1-2H3,(H,21,22);;/q;+1;-1. The molecule has 0 aliphatic heterocycles. The number of para-hydroxylation sites is 1. The van der Waals surface area contributed by atoms with Gasteiger partial charge in [0.05, 0.1) is 12.0 Å². The summed E-state index contributed by atoms with van der Waals surface area (Å²) < 4.78 is 10.4. The molecular weight excluding hydrogens is 377 g/mol. The minimum absolute atomic E-state index is 0. The number of amides is 2.